The van der Waals surface area contributed by atoms with Crippen LogP contribution in [0.25, 0.3) is 0 Å². The van der Waals surface area contributed by atoms with Crippen molar-refractivity contribution in [2.45, 2.75) is 6.54 Å². The molecule has 0 radical (unpaired) electrons. The summed E-state index contributed by atoms with van der Waals surface area (Å²) in [4.78, 5) is 0. The van der Waals surface area contributed by atoms with Gasteiger partial charge in [0.1, 0.15) is 17.6 Å². The van der Waals surface area contributed by atoms with Crippen molar-refractivity contribution in [3.63, 3.8) is 0 Å². The third kappa shape index (κ3) is 3.62. The fraction of sp³-hybridized carbons (Fsp3) is 0.133. The summed E-state index contributed by atoms with van der Waals surface area (Å²) in [7, 11) is 0. The van der Waals surface area contributed by atoms with Gasteiger partial charge in [-0.05, 0) is 24.3 Å². The van der Waals surface area contributed by atoms with Crippen LogP contribution < -0.4 is 10.1 Å². The number of anilines is 1. The first-order chi connectivity index (χ1) is 9.70. The maximum absolute atomic E-state index is 13.1. The highest BCUT2D eigenvalue weighted by atomic mass is 35.5. The van der Waals surface area contributed by atoms with E-state index in [0.29, 0.717) is 18.0 Å². The summed E-state index contributed by atoms with van der Waals surface area (Å²) in [6.07, 6.45) is 0. The number of benzene rings is 2. The van der Waals surface area contributed by atoms with E-state index in [2.05, 4.69) is 5.32 Å². The molecule has 0 saturated carbocycles. The van der Waals surface area contributed by atoms with Gasteiger partial charge in [0.15, 0.2) is 6.61 Å². The predicted octanol–water partition coefficient (Wildman–Crippen LogP) is 3.99. The van der Waals surface area contributed by atoms with E-state index in [-0.39, 0.29) is 11.6 Å². The maximum atomic E-state index is 13.1. The molecule has 20 heavy (non-hydrogen) atoms. The molecule has 0 aliphatic carbocycles. The third-order valence-electron chi connectivity index (χ3n) is 2.67. The SMILES string of the molecule is N#CCOc1ccccc1CNc1ccc(F)c(Cl)c1. The first-order valence-electron chi connectivity index (χ1n) is 5.97. The van der Waals surface area contributed by atoms with E-state index in [1.54, 1.807) is 12.1 Å². The van der Waals surface area contributed by atoms with Gasteiger partial charge in [-0.2, -0.15) is 5.26 Å². The number of para-hydroxylation sites is 1. The van der Waals surface area contributed by atoms with E-state index < -0.39 is 5.82 Å². The summed E-state index contributed by atoms with van der Waals surface area (Å²) >= 11 is 5.72. The summed E-state index contributed by atoms with van der Waals surface area (Å²) < 4.78 is 18.4. The molecule has 0 fully saturated rings. The summed E-state index contributed by atoms with van der Waals surface area (Å²) in [6.45, 7) is 0.489. The van der Waals surface area contributed by atoms with Gasteiger partial charge in [0.25, 0.3) is 0 Å². The molecule has 0 atom stereocenters. The summed E-state index contributed by atoms with van der Waals surface area (Å²) in [5.41, 5.74) is 1.62. The molecule has 1 N–H and O–H groups in total. The van der Waals surface area contributed by atoms with Crippen LogP contribution in [-0.4, -0.2) is 6.61 Å². The van der Waals surface area contributed by atoms with E-state index in [1.807, 2.05) is 24.3 Å². The molecular formula is C15H12ClFN2O. The minimum absolute atomic E-state index is 0.000605. The average molecular weight is 291 g/mol. The Labute approximate surface area is 121 Å². The van der Waals surface area contributed by atoms with Crippen LogP contribution in [0.4, 0.5) is 10.1 Å². The van der Waals surface area contributed by atoms with Gasteiger partial charge in [0.2, 0.25) is 0 Å². The number of hydrogen-bond donors (Lipinski definition) is 1. The van der Waals surface area contributed by atoms with Crippen molar-refractivity contribution in [3.05, 3.63) is 58.9 Å². The normalized spacial score (nSPS) is 9.85. The number of nitrogens with zero attached hydrogens (tertiary/aromatic N) is 1. The van der Waals surface area contributed by atoms with Crippen LogP contribution in [0.2, 0.25) is 5.02 Å². The highest BCUT2D eigenvalue weighted by Gasteiger charge is 2.04. The molecule has 3 nitrogen and oxygen atoms in total. The molecule has 5 heteroatoms. The number of nitrogens with one attached hydrogen (secondary N) is 1. The van der Waals surface area contributed by atoms with E-state index in [9.17, 15) is 4.39 Å². The number of ether oxygens (including phenoxy) is 1. The summed E-state index contributed by atoms with van der Waals surface area (Å²) in [5.74, 6) is 0.199. The Bertz CT molecular complexity index is 640. The summed E-state index contributed by atoms with van der Waals surface area (Å²) in [5, 5.41) is 11.7. The van der Waals surface area contributed by atoms with Crippen molar-refractivity contribution < 1.29 is 9.13 Å². The van der Waals surface area contributed by atoms with E-state index in [1.165, 1.54) is 12.1 Å². The van der Waals surface area contributed by atoms with Gasteiger partial charge in [-0.3, -0.25) is 0 Å². The Kier molecular flexibility index (Phi) is 4.80. The fourth-order valence-electron chi connectivity index (χ4n) is 1.70. The second-order valence-corrected chi connectivity index (χ2v) is 4.44. The monoisotopic (exact) mass is 290 g/mol. The topological polar surface area (TPSA) is 45.0 Å². The molecule has 0 heterocycles. The largest absolute Gasteiger partial charge is 0.478 e. The molecule has 0 bridgehead atoms. The Hall–Kier alpha value is -2.25. The molecule has 0 aliphatic heterocycles. The van der Waals surface area contributed by atoms with Crippen LogP contribution in [0.5, 0.6) is 5.75 Å². The Morgan fingerprint density at radius 2 is 2.05 bits per heavy atom. The zero-order valence-electron chi connectivity index (χ0n) is 10.6. The Morgan fingerprint density at radius 3 is 2.80 bits per heavy atom. The lowest BCUT2D eigenvalue weighted by atomic mass is 10.2. The van der Waals surface area contributed by atoms with Gasteiger partial charge in [-0.15, -0.1) is 0 Å². The number of nitriles is 1. The standard InChI is InChI=1S/C15H12ClFN2O/c16-13-9-12(5-6-14(13)17)19-10-11-3-1-2-4-15(11)20-8-7-18/h1-6,9,19H,8,10H2. The van der Waals surface area contributed by atoms with Crippen molar-refractivity contribution in [1.82, 2.24) is 0 Å². The van der Waals surface area contributed by atoms with E-state index >= 15 is 0 Å². The lowest BCUT2D eigenvalue weighted by molar-refractivity contribution is 0.364. The molecule has 0 spiro atoms. The van der Waals surface area contributed by atoms with Crippen molar-refractivity contribution in [3.8, 4) is 11.8 Å². The van der Waals surface area contributed by atoms with E-state index in [4.69, 9.17) is 21.6 Å². The van der Waals surface area contributed by atoms with Gasteiger partial charge in [0.05, 0.1) is 5.02 Å². The quantitative estimate of drug-likeness (QED) is 0.905. The molecule has 0 aliphatic rings. The van der Waals surface area contributed by atoms with Gasteiger partial charge in [-0.1, -0.05) is 29.8 Å². The summed E-state index contributed by atoms with van der Waals surface area (Å²) in [6, 6.07) is 13.8. The number of hydrogen-bond acceptors (Lipinski definition) is 3. The number of rotatable bonds is 5. The molecule has 0 aromatic heterocycles. The van der Waals surface area contributed by atoms with Crippen molar-refractivity contribution >= 4 is 17.3 Å². The molecule has 2 aromatic rings. The van der Waals surface area contributed by atoms with E-state index in [0.717, 1.165) is 5.56 Å². The van der Waals surface area contributed by atoms with Crippen LogP contribution in [0, 0.1) is 17.1 Å². The lowest BCUT2D eigenvalue weighted by Gasteiger charge is -2.11. The smallest absolute Gasteiger partial charge is 0.174 e. The average Bonchev–Trinajstić information content (AvgIpc) is 2.47. The van der Waals surface area contributed by atoms with Crippen LogP contribution in [-0.2, 0) is 6.54 Å². The number of halogens is 2. The van der Waals surface area contributed by atoms with Crippen molar-refractivity contribution in [2.75, 3.05) is 11.9 Å². The fourth-order valence-corrected chi connectivity index (χ4v) is 1.88. The zero-order chi connectivity index (χ0) is 14.4. The molecule has 2 aromatic carbocycles. The minimum atomic E-state index is -0.449. The maximum Gasteiger partial charge on any atom is 0.174 e. The van der Waals surface area contributed by atoms with Gasteiger partial charge in [0, 0.05) is 17.8 Å². The highest BCUT2D eigenvalue weighted by molar-refractivity contribution is 6.31. The Balaban J connectivity index is 2.06. The van der Waals surface area contributed by atoms with Gasteiger partial charge in [-0.25, -0.2) is 4.39 Å². The second-order valence-electron chi connectivity index (χ2n) is 4.04. The molecular weight excluding hydrogens is 279 g/mol. The predicted molar refractivity (Wildman–Crippen MR) is 76.3 cm³/mol. The first kappa shape index (κ1) is 14.2. The zero-order valence-corrected chi connectivity index (χ0v) is 11.3. The third-order valence-corrected chi connectivity index (χ3v) is 2.96. The molecule has 0 unspecified atom stereocenters. The molecule has 102 valence electrons. The molecule has 2 rings (SSSR count). The minimum Gasteiger partial charge on any atom is -0.478 e. The second kappa shape index (κ2) is 6.78. The van der Waals surface area contributed by atoms with Crippen LogP contribution in [0.3, 0.4) is 0 Å². The van der Waals surface area contributed by atoms with Crippen LogP contribution in [0.1, 0.15) is 5.56 Å². The molecule has 0 amide bonds. The highest BCUT2D eigenvalue weighted by Crippen LogP contribution is 2.22. The van der Waals surface area contributed by atoms with Crippen LogP contribution in [0.15, 0.2) is 42.5 Å². The van der Waals surface area contributed by atoms with Crippen molar-refractivity contribution in [2.24, 2.45) is 0 Å². The molecule has 0 saturated heterocycles. The Morgan fingerprint density at radius 1 is 1.25 bits per heavy atom. The van der Waals surface area contributed by atoms with Gasteiger partial charge >= 0.3 is 0 Å². The lowest BCUT2D eigenvalue weighted by Crippen LogP contribution is -2.03. The first-order valence-corrected chi connectivity index (χ1v) is 6.35. The van der Waals surface area contributed by atoms with Crippen molar-refractivity contribution in [1.29, 1.82) is 5.26 Å². The van der Waals surface area contributed by atoms with Crippen LogP contribution >= 0.6 is 11.6 Å². The van der Waals surface area contributed by atoms with Gasteiger partial charge < -0.3 is 10.1 Å².